The lowest BCUT2D eigenvalue weighted by atomic mass is 10.4. The van der Waals surface area contributed by atoms with Crippen LogP contribution in [-0.4, -0.2) is 33.2 Å². The second kappa shape index (κ2) is 3.14. The number of rotatable bonds is 2. The van der Waals surface area contributed by atoms with Gasteiger partial charge in [0.2, 0.25) is 0 Å². The molecule has 2 rings (SSSR count). The van der Waals surface area contributed by atoms with Crippen molar-refractivity contribution in [2.75, 3.05) is 0 Å². The lowest BCUT2D eigenvalue weighted by molar-refractivity contribution is 0.589. The molecule has 80 valence electrons. The third-order valence-corrected chi connectivity index (χ3v) is 2.50. The molecule has 0 saturated heterocycles. The zero-order valence-electron chi connectivity index (χ0n) is 7.75. The number of primary sulfonamides is 1. The van der Waals surface area contributed by atoms with Crippen LogP contribution >= 0.6 is 0 Å². The Morgan fingerprint density at radius 1 is 1.53 bits per heavy atom. The minimum Gasteiger partial charge on any atom is -0.331 e. The Labute approximate surface area is 85.2 Å². The molecule has 0 amide bonds. The standard InChI is InChI=1S/C6H8N6O2S/c1-12-3-8-2-4(12)5-9-6(11-10-5)15(7,13)14/h2-3H,1H3,(H2,7,13,14)(H,9,10,11). The van der Waals surface area contributed by atoms with E-state index in [1.165, 1.54) is 6.20 Å². The van der Waals surface area contributed by atoms with E-state index in [4.69, 9.17) is 5.14 Å². The molecule has 3 N–H and O–H groups in total. The molecule has 0 fully saturated rings. The Hall–Kier alpha value is -1.74. The van der Waals surface area contributed by atoms with E-state index in [1.807, 2.05) is 0 Å². The maximum Gasteiger partial charge on any atom is 0.273 e. The van der Waals surface area contributed by atoms with Gasteiger partial charge in [-0.25, -0.2) is 23.6 Å². The van der Waals surface area contributed by atoms with Crippen molar-refractivity contribution in [1.82, 2.24) is 24.7 Å². The average Bonchev–Trinajstić information content (AvgIpc) is 2.69. The van der Waals surface area contributed by atoms with Crippen molar-refractivity contribution in [3.05, 3.63) is 12.5 Å². The van der Waals surface area contributed by atoms with Crippen molar-refractivity contribution in [3.8, 4) is 11.5 Å². The van der Waals surface area contributed by atoms with Gasteiger partial charge in [0, 0.05) is 7.05 Å². The molecular formula is C6H8N6O2S. The maximum absolute atomic E-state index is 10.9. The van der Waals surface area contributed by atoms with Gasteiger partial charge in [-0.3, -0.25) is 0 Å². The van der Waals surface area contributed by atoms with Crippen LogP contribution in [0.25, 0.3) is 11.5 Å². The molecule has 0 bridgehead atoms. The van der Waals surface area contributed by atoms with Gasteiger partial charge >= 0.3 is 0 Å². The molecular weight excluding hydrogens is 220 g/mol. The predicted molar refractivity (Wildman–Crippen MR) is 50.0 cm³/mol. The summed E-state index contributed by atoms with van der Waals surface area (Å²) in [5, 5.41) is 10.5. The molecule has 0 aromatic carbocycles. The van der Waals surface area contributed by atoms with E-state index in [9.17, 15) is 8.42 Å². The second-order valence-electron chi connectivity index (χ2n) is 2.90. The number of aromatic amines is 1. The Morgan fingerprint density at radius 2 is 2.27 bits per heavy atom. The van der Waals surface area contributed by atoms with Crippen LogP contribution in [0.5, 0.6) is 0 Å². The summed E-state index contributed by atoms with van der Waals surface area (Å²) in [7, 11) is -2.10. The van der Waals surface area contributed by atoms with Crippen LogP contribution in [0.4, 0.5) is 0 Å². The van der Waals surface area contributed by atoms with Gasteiger partial charge in [-0.1, -0.05) is 0 Å². The first-order valence-electron chi connectivity index (χ1n) is 3.90. The molecule has 0 unspecified atom stereocenters. The van der Waals surface area contributed by atoms with Crippen molar-refractivity contribution in [2.45, 2.75) is 5.16 Å². The van der Waals surface area contributed by atoms with Gasteiger partial charge in [-0.2, -0.15) is 10.1 Å². The summed E-state index contributed by atoms with van der Waals surface area (Å²) in [5.41, 5.74) is 0.598. The predicted octanol–water partition coefficient (Wildman–Crippen LogP) is -1.15. The number of hydrogen-bond acceptors (Lipinski definition) is 5. The lowest BCUT2D eigenvalue weighted by Crippen LogP contribution is -2.13. The van der Waals surface area contributed by atoms with Crippen LogP contribution in [0, 0.1) is 0 Å². The molecule has 0 atom stereocenters. The van der Waals surface area contributed by atoms with E-state index in [0.29, 0.717) is 5.69 Å². The minimum absolute atomic E-state index is 0.235. The van der Waals surface area contributed by atoms with E-state index in [1.54, 1.807) is 17.9 Å². The first-order chi connectivity index (χ1) is 6.98. The number of H-pyrrole nitrogens is 1. The number of nitrogens with zero attached hydrogens (tertiary/aromatic N) is 4. The summed E-state index contributed by atoms with van der Waals surface area (Å²) in [6.45, 7) is 0. The quantitative estimate of drug-likeness (QED) is 0.672. The van der Waals surface area contributed by atoms with E-state index >= 15 is 0 Å². The maximum atomic E-state index is 10.9. The summed E-state index contributed by atoms with van der Waals surface area (Å²) in [6, 6.07) is 0. The van der Waals surface area contributed by atoms with Crippen LogP contribution in [0.2, 0.25) is 0 Å². The fraction of sp³-hybridized carbons (Fsp3) is 0.167. The Bertz CT molecular complexity index is 582. The number of hydrogen-bond donors (Lipinski definition) is 2. The first-order valence-corrected chi connectivity index (χ1v) is 5.45. The third kappa shape index (κ3) is 1.74. The van der Waals surface area contributed by atoms with Crippen molar-refractivity contribution in [1.29, 1.82) is 0 Å². The van der Waals surface area contributed by atoms with Gasteiger partial charge in [0.25, 0.3) is 15.2 Å². The molecule has 0 radical (unpaired) electrons. The second-order valence-corrected chi connectivity index (χ2v) is 4.38. The molecule has 2 aromatic heterocycles. The van der Waals surface area contributed by atoms with Crippen LogP contribution in [0.15, 0.2) is 17.7 Å². The van der Waals surface area contributed by atoms with Gasteiger partial charge in [0.15, 0.2) is 5.82 Å². The van der Waals surface area contributed by atoms with Crippen molar-refractivity contribution in [3.63, 3.8) is 0 Å². The summed E-state index contributed by atoms with van der Waals surface area (Å²) in [4.78, 5) is 7.60. The zero-order valence-corrected chi connectivity index (χ0v) is 8.56. The van der Waals surface area contributed by atoms with E-state index in [2.05, 4.69) is 20.2 Å². The Kier molecular flexibility index (Phi) is 2.05. The van der Waals surface area contributed by atoms with E-state index < -0.39 is 10.0 Å². The molecule has 0 spiro atoms. The Balaban J connectivity index is 2.50. The number of nitrogens with one attached hydrogen (secondary N) is 1. The highest BCUT2D eigenvalue weighted by Gasteiger charge is 2.16. The fourth-order valence-electron chi connectivity index (χ4n) is 1.06. The molecule has 0 aliphatic heterocycles. The topological polar surface area (TPSA) is 120 Å². The highest BCUT2D eigenvalue weighted by atomic mass is 32.2. The number of aromatic nitrogens is 5. The Morgan fingerprint density at radius 3 is 2.73 bits per heavy atom. The normalized spacial score (nSPS) is 11.9. The number of imidazole rings is 1. The number of nitrogens with two attached hydrogens (primary N) is 1. The molecule has 8 nitrogen and oxygen atoms in total. The van der Waals surface area contributed by atoms with Crippen LogP contribution in [0.3, 0.4) is 0 Å². The van der Waals surface area contributed by atoms with Crippen molar-refractivity contribution < 1.29 is 8.42 Å². The highest BCUT2D eigenvalue weighted by molar-refractivity contribution is 7.89. The van der Waals surface area contributed by atoms with Gasteiger partial charge in [0.1, 0.15) is 5.69 Å². The number of aryl methyl sites for hydroxylation is 1. The lowest BCUT2D eigenvalue weighted by Gasteiger charge is -1.93. The smallest absolute Gasteiger partial charge is 0.273 e. The molecule has 0 aliphatic carbocycles. The monoisotopic (exact) mass is 228 g/mol. The summed E-state index contributed by atoms with van der Waals surface area (Å²) in [6.07, 6.45) is 3.08. The third-order valence-electron chi connectivity index (χ3n) is 1.78. The van der Waals surface area contributed by atoms with Gasteiger partial charge in [0.05, 0.1) is 12.5 Å². The van der Waals surface area contributed by atoms with Crippen molar-refractivity contribution in [2.24, 2.45) is 12.2 Å². The highest BCUT2D eigenvalue weighted by Crippen LogP contribution is 2.13. The van der Waals surface area contributed by atoms with Crippen molar-refractivity contribution >= 4 is 10.0 Å². The van der Waals surface area contributed by atoms with Crippen LogP contribution < -0.4 is 5.14 Å². The molecule has 2 heterocycles. The molecule has 15 heavy (non-hydrogen) atoms. The zero-order chi connectivity index (χ0) is 11.1. The average molecular weight is 228 g/mol. The van der Waals surface area contributed by atoms with Crippen LogP contribution in [-0.2, 0) is 17.1 Å². The summed E-state index contributed by atoms with van der Waals surface area (Å²) in [5.74, 6) is 0.235. The summed E-state index contributed by atoms with van der Waals surface area (Å²) >= 11 is 0. The molecule has 9 heteroatoms. The largest absolute Gasteiger partial charge is 0.331 e. The molecule has 2 aromatic rings. The van der Waals surface area contributed by atoms with Gasteiger partial charge in [-0.15, -0.1) is 0 Å². The van der Waals surface area contributed by atoms with Gasteiger partial charge in [-0.05, 0) is 0 Å². The fourth-order valence-corrected chi connectivity index (χ4v) is 1.45. The van der Waals surface area contributed by atoms with Gasteiger partial charge < -0.3 is 4.57 Å². The minimum atomic E-state index is -3.84. The summed E-state index contributed by atoms with van der Waals surface area (Å²) < 4.78 is 23.5. The molecule has 0 saturated carbocycles. The van der Waals surface area contributed by atoms with Crippen LogP contribution in [0.1, 0.15) is 0 Å². The molecule has 0 aliphatic rings. The van der Waals surface area contributed by atoms with E-state index in [-0.39, 0.29) is 11.0 Å². The first kappa shape index (κ1) is 9.80. The SMILES string of the molecule is Cn1cncc1-c1n[nH]c(S(N)(=O)=O)n1. The van der Waals surface area contributed by atoms with E-state index in [0.717, 1.165) is 0 Å². The number of sulfonamides is 1.